The van der Waals surface area contributed by atoms with Crippen LogP contribution in [-0.4, -0.2) is 19.8 Å². The van der Waals surface area contributed by atoms with Gasteiger partial charge in [-0.25, -0.2) is 4.39 Å². The monoisotopic (exact) mass is 225 g/mol. The van der Waals surface area contributed by atoms with Gasteiger partial charge in [0.25, 0.3) is 0 Å². The van der Waals surface area contributed by atoms with Gasteiger partial charge in [0.15, 0.2) is 0 Å². The molecule has 1 atom stereocenters. The zero-order valence-electron chi connectivity index (χ0n) is 10.0. The van der Waals surface area contributed by atoms with E-state index in [-0.39, 0.29) is 5.82 Å². The van der Waals surface area contributed by atoms with Crippen LogP contribution in [0.3, 0.4) is 0 Å². The Morgan fingerprint density at radius 3 is 2.88 bits per heavy atom. The minimum absolute atomic E-state index is 0.182. The molecule has 0 heterocycles. The van der Waals surface area contributed by atoms with Gasteiger partial charge in [-0.05, 0) is 24.1 Å². The molecule has 0 fully saturated rings. The van der Waals surface area contributed by atoms with Crippen molar-refractivity contribution in [3.8, 4) is 0 Å². The molecule has 0 aliphatic carbocycles. The van der Waals surface area contributed by atoms with Crippen LogP contribution in [0, 0.1) is 5.82 Å². The maximum atomic E-state index is 12.9. The highest BCUT2D eigenvalue weighted by atomic mass is 19.1. The Morgan fingerprint density at radius 1 is 1.44 bits per heavy atom. The molecule has 3 heteroatoms. The quantitative estimate of drug-likeness (QED) is 0.770. The van der Waals surface area contributed by atoms with Crippen molar-refractivity contribution in [3.63, 3.8) is 0 Å². The third-order valence-electron chi connectivity index (χ3n) is 2.49. The molecule has 0 spiro atoms. The van der Waals surface area contributed by atoms with Crippen LogP contribution in [0.25, 0.3) is 0 Å². The molecule has 2 nitrogen and oxygen atoms in total. The van der Waals surface area contributed by atoms with Gasteiger partial charge in [0.1, 0.15) is 5.82 Å². The average Bonchev–Trinajstić information content (AvgIpc) is 2.27. The number of nitrogens with one attached hydrogen (secondary N) is 1. The van der Waals surface area contributed by atoms with Gasteiger partial charge in [-0.2, -0.15) is 0 Å². The van der Waals surface area contributed by atoms with Gasteiger partial charge >= 0.3 is 0 Å². The molecule has 0 saturated heterocycles. The Hall–Kier alpha value is -0.930. The van der Waals surface area contributed by atoms with Crippen LogP contribution in [0.2, 0.25) is 0 Å². The number of hydrogen-bond acceptors (Lipinski definition) is 2. The maximum absolute atomic E-state index is 12.9. The highest BCUT2D eigenvalue weighted by molar-refractivity contribution is 5.16. The van der Waals surface area contributed by atoms with Gasteiger partial charge in [-0.3, -0.25) is 0 Å². The van der Waals surface area contributed by atoms with E-state index in [0.717, 1.165) is 18.4 Å². The molecular weight excluding hydrogens is 205 g/mol. The number of halogens is 1. The van der Waals surface area contributed by atoms with Gasteiger partial charge in [0.05, 0.1) is 6.61 Å². The first-order valence-corrected chi connectivity index (χ1v) is 5.73. The predicted octanol–water partition coefficient (Wildman–Crippen LogP) is 2.73. The lowest BCUT2D eigenvalue weighted by molar-refractivity contribution is 0.161. The SMILES string of the molecule is CCCC(COC)NCc1cccc(F)c1. The van der Waals surface area contributed by atoms with E-state index in [1.807, 2.05) is 6.07 Å². The van der Waals surface area contributed by atoms with E-state index in [1.165, 1.54) is 6.07 Å². The van der Waals surface area contributed by atoms with Gasteiger partial charge in [-0.15, -0.1) is 0 Å². The van der Waals surface area contributed by atoms with Crippen LogP contribution in [0.5, 0.6) is 0 Å². The van der Waals surface area contributed by atoms with Crippen LogP contribution in [0.4, 0.5) is 4.39 Å². The molecular formula is C13H20FNO. The van der Waals surface area contributed by atoms with E-state index >= 15 is 0 Å². The van der Waals surface area contributed by atoms with Gasteiger partial charge < -0.3 is 10.1 Å². The molecule has 1 aromatic rings. The van der Waals surface area contributed by atoms with Crippen molar-refractivity contribution in [2.75, 3.05) is 13.7 Å². The zero-order chi connectivity index (χ0) is 11.8. The summed E-state index contributed by atoms with van der Waals surface area (Å²) in [4.78, 5) is 0. The van der Waals surface area contributed by atoms with E-state index in [0.29, 0.717) is 19.2 Å². The first-order chi connectivity index (χ1) is 7.76. The number of rotatable bonds is 7. The Balaban J connectivity index is 2.41. The van der Waals surface area contributed by atoms with Gasteiger partial charge in [0.2, 0.25) is 0 Å². The summed E-state index contributed by atoms with van der Waals surface area (Å²) >= 11 is 0. The van der Waals surface area contributed by atoms with E-state index in [2.05, 4.69) is 12.2 Å². The lowest BCUT2D eigenvalue weighted by Gasteiger charge is -2.17. The predicted molar refractivity (Wildman–Crippen MR) is 63.8 cm³/mol. The van der Waals surface area contributed by atoms with Crippen LogP contribution >= 0.6 is 0 Å². The zero-order valence-corrected chi connectivity index (χ0v) is 10.0. The van der Waals surface area contributed by atoms with Crippen molar-refractivity contribution in [1.29, 1.82) is 0 Å². The minimum Gasteiger partial charge on any atom is -0.383 e. The number of hydrogen-bond donors (Lipinski definition) is 1. The normalized spacial score (nSPS) is 12.7. The fraction of sp³-hybridized carbons (Fsp3) is 0.538. The molecule has 90 valence electrons. The van der Waals surface area contributed by atoms with Crippen molar-refractivity contribution in [2.24, 2.45) is 0 Å². The Labute approximate surface area is 96.8 Å². The van der Waals surface area contributed by atoms with E-state index in [1.54, 1.807) is 19.2 Å². The Kier molecular flexibility index (Phi) is 6.04. The molecule has 0 saturated carbocycles. The Morgan fingerprint density at radius 2 is 2.25 bits per heavy atom. The molecule has 0 aliphatic rings. The molecule has 0 bridgehead atoms. The first-order valence-electron chi connectivity index (χ1n) is 5.73. The van der Waals surface area contributed by atoms with Crippen molar-refractivity contribution < 1.29 is 9.13 Å². The minimum atomic E-state index is -0.182. The molecule has 0 aliphatic heterocycles. The van der Waals surface area contributed by atoms with Gasteiger partial charge in [-0.1, -0.05) is 25.5 Å². The van der Waals surface area contributed by atoms with Crippen molar-refractivity contribution in [2.45, 2.75) is 32.4 Å². The second-order valence-corrected chi connectivity index (χ2v) is 3.95. The number of benzene rings is 1. The van der Waals surface area contributed by atoms with Crippen molar-refractivity contribution >= 4 is 0 Å². The van der Waals surface area contributed by atoms with Gasteiger partial charge in [0, 0.05) is 19.7 Å². The molecule has 0 aromatic heterocycles. The third kappa shape index (κ3) is 4.73. The third-order valence-corrected chi connectivity index (χ3v) is 2.49. The van der Waals surface area contributed by atoms with Crippen molar-refractivity contribution in [3.05, 3.63) is 35.6 Å². The summed E-state index contributed by atoms with van der Waals surface area (Å²) in [6.45, 7) is 3.53. The summed E-state index contributed by atoms with van der Waals surface area (Å²) in [6, 6.07) is 7.02. The number of ether oxygens (including phenoxy) is 1. The van der Waals surface area contributed by atoms with Crippen LogP contribution < -0.4 is 5.32 Å². The summed E-state index contributed by atoms with van der Waals surface area (Å²) < 4.78 is 18.1. The lowest BCUT2D eigenvalue weighted by Crippen LogP contribution is -2.32. The largest absolute Gasteiger partial charge is 0.383 e. The number of methoxy groups -OCH3 is 1. The molecule has 1 unspecified atom stereocenters. The summed E-state index contributed by atoms with van der Waals surface area (Å²) in [6.07, 6.45) is 2.19. The van der Waals surface area contributed by atoms with Crippen LogP contribution in [-0.2, 0) is 11.3 Å². The molecule has 1 N–H and O–H groups in total. The maximum Gasteiger partial charge on any atom is 0.123 e. The second-order valence-electron chi connectivity index (χ2n) is 3.95. The molecule has 0 amide bonds. The standard InChI is InChI=1S/C13H20FNO/c1-3-5-13(10-16-2)15-9-11-6-4-7-12(14)8-11/h4,6-8,13,15H,3,5,9-10H2,1-2H3. The summed E-state index contributed by atoms with van der Waals surface area (Å²) in [7, 11) is 1.70. The summed E-state index contributed by atoms with van der Waals surface area (Å²) in [5, 5.41) is 3.37. The summed E-state index contributed by atoms with van der Waals surface area (Å²) in [5.41, 5.74) is 0.970. The molecule has 16 heavy (non-hydrogen) atoms. The molecule has 1 rings (SSSR count). The van der Waals surface area contributed by atoms with Crippen LogP contribution in [0.15, 0.2) is 24.3 Å². The fourth-order valence-corrected chi connectivity index (χ4v) is 1.70. The molecule has 0 radical (unpaired) electrons. The average molecular weight is 225 g/mol. The van der Waals surface area contributed by atoms with E-state index in [4.69, 9.17) is 4.74 Å². The van der Waals surface area contributed by atoms with E-state index in [9.17, 15) is 4.39 Å². The first kappa shape index (κ1) is 13.1. The van der Waals surface area contributed by atoms with E-state index < -0.39 is 0 Å². The highest BCUT2D eigenvalue weighted by Gasteiger charge is 2.06. The highest BCUT2D eigenvalue weighted by Crippen LogP contribution is 2.05. The fourth-order valence-electron chi connectivity index (χ4n) is 1.70. The van der Waals surface area contributed by atoms with Crippen molar-refractivity contribution in [1.82, 2.24) is 5.32 Å². The summed E-state index contributed by atoms with van der Waals surface area (Å²) in [5.74, 6) is -0.182. The second kappa shape index (κ2) is 7.36. The Bertz CT molecular complexity index is 298. The topological polar surface area (TPSA) is 21.3 Å². The smallest absolute Gasteiger partial charge is 0.123 e. The lowest BCUT2D eigenvalue weighted by atomic mass is 10.1. The van der Waals surface area contributed by atoms with Crippen LogP contribution in [0.1, 0.15) is 25.3 Å². The molecule has 1 aromatic carbocycles.